The number of benzene rings is 4. The highest BCUT2D eigenvalue weighted by Gasteiger charge is 2.23. The first-order valence-corrected chi connectivity index (χ1v) is 11.5. The van der Waals surface area contributed by atoms with E-state index in [1.165, 1.54) is 0 Å². The molecule has 34 heavy (non-hydrogen) atoms. The summed E-state index contributed by atoms with van der Waals surface area (Å²) in [7, 11) is 12.3. The fourth-order valence-electron chi connectivity index (χ4n) is 4.61. The third-order valence-electron chi connectivity index (χ3n) is 6.17. The van der Waals surface area contributed by atoms with E-state index in [2.05, 4.69) is 104 Å². The van der Waals surface area contributed by atoms with Gasteiger partial charge in [-0.05, 0) is 35.9 Å². The van der Waals surface area contributed by atoms with Crippen LogP contribution in [-0.4, -0.2) is 47.4 Å². The van der Waals surface area contributed by atoms with E-state index in [0.717, 1.165) is 50.4 Å². The molecule has 0 aromatic heterocycles. The second-order valence-electron chi connectivity index (χ2n) is 9.12. The van der Waals surface area contributed by atoms with Crippen LogP contribution in [0, 0.1) is 0 Å². The Morgan fingerprint density at radius 3 is 1.26 bits per heavy atom. The summed E-state index contributed by atoms with van der Waals surface area (Å²) in [5.41, 5.74) is 9.42. The molecule has 4 heteroatoms. The summed E-state index contributed by atoms with van der Waals surface area (Å²) < 4.78 is 0. The average Bonchev–Trinajstić information content (AvgIpc) is 2.83. The third-order valence-corrected chi connectivity index (χ3v) is 6.17. The molecule has 174 valence electrons. The molecule has 0 unspecified atom stereocenters. The fourth-order valence-corrected chi connectivity index (χ4v) is 4.61. The van der Waals surface area contributed by atoms with E-state index in [-0.39, 0.29) is 5.75 Å². The lowest BCUT2D eigenvalue weighted by atomic mass is 9.85. The number of rotatable bonds is 6. The van der Waals surface area contributed by atoms with Crippen LogP contribution in [0.2, 0.25) is 0 Å². The van der Waals surface area contributed by atoms with Gasteiger partial charge in [0.15, 0.2) is 0 Å². The molecule has 0 atom stereocenters. The van der Waals surface area contributed by atoms with Crippen molar-refractivity contribution in [1.82, 2.24) is 0 Å². The summed E-state index contributed by atoms with van der Waals surface area (Å²) in [5.74, 6) is 0.268. The second-order valence-corrected chi connectivity index (χ2v) is 9.12. The predicted molar refractivity (Wildman–Crippen MR) is 147 cm³/mol. The van der Waals surface area contributed by atoms with Crippen LogP contribution >= 0.6 is 0 Å². The lowest BCUT2D eigenvalue weighted by molar-refractivity contribution is 0.477. The van der Waals surface area contributed by atoms with Gasteiger partial charge in [-0.15, -0.1) is 0 Å². The SMILES string of the molecule is CN(C)c1ccccc1-c1ccc(O)c(-c2ccccc2N(C)C)c1-c1ccccc1N(C)C. The number of hydrogen-bond donors (Lipinski definition) is 1. The van der Waals surface area contributed by atoms with Crippen molar-refractivity contribution in [3.8, 4) is 39.1 Å². The van der Waals surface area contributed by atoms with Gasteiger partial charge < -0.3 is 19.8 Å². The molecule has 0 aliphatic carbocycles. The van der Waals surface area contributed by atoms with Crippen molar-refractivity contribution in [3.05, 3.63) is 84.9 Å². The summed E-state index contributed by atoms with van der Waals surface area (Å²) >= 11 is 0. The van der Waals surface area contributed by atoms with E-state index in [9.17, 15) is 5.11 Å². The molecular formula is C30H33N3O. The minimum atomic E-state index is 0.268. The zero-order chi connectivity index (χ0) is 24.4. The van der Waals surface area contributed by atoms with Crippen molar-refractivity contribution >= 4 is 17.1 Å². The Kier molecular flexibility index (Phi) is 6.51. The fraction of sp³-hybridized carbons (Fsp3) is 0.200. The Hall–Kier alpha value is -3.92. The summed E-state index contributed by atoms with van der Waals surface area (Å²) in [5, 5.41) is 11.3. The number of aromatic hydroxyl groups is 1. The first-order chi connectivity index (χ1) is 16.3. The third kappa shape index (κ3) is 4.19. The molecule has 0 heterocycles. The number of hydrogen-bond acceptors (Lipinski definition) is 4. The van der Waals surface area contributed by atoms with Crippen molar-refractivity contribution < 1.29 is 5.11 Å². The number of para-hydroxylation sites is 3. The zero-order valence-corrected chi connectivity index (χ0v) is 20.9. The van der Waals surface area contributed by atoms with E-state index in [1.54, 1.807) is 0 Å². The minimum Gasteiger partial charge on any atom is -0.507 e. The maximum Gasteiger partial charge on any atom is 0.124 e. The standard InChI is InChI=1S/C30H33N3O/c1-31(2)25-16-10-7-13-21(25)22-19-20-28(34)30(24-15-9-12-18-27(24)33(5)6)29(22)23-14-8-11-17-26(23)32(3)4/h7-20,34H,1-6H3. The lowest BCUT2D eigenvalue weighted by Gasteiger charge is -2.26. The quantitative estimate of drug-likeness (QED) is 0.358. The second kappa shape index (κ2) is 9.52. The van der Waals surface area contributed by atoms with Gasteiger partial charge in [0.1, 0.15) is 5.75 Å². The van der Waals surface area contributed by atoms with E-state index < -0.39 is 0 Å². The predicted octanol–water partition coefficient (Wildman–Crippen LogP) is 6.59. The van der Waals surface area contributed by atoms with Crippen molar-refractivity contribution in [3.63, 3.8) is 0 Å². The van der Waals surface area contributed by atoms with E-state index in [4.69, 9.17) is 0 Å². The summed E-state index contributed by atoms with van der Waals surface area (Å²) in [6.45, 7) is 0. The molecule has 4 nitrogen and oxygen atoms in total. The van der Waals surface area contributed by atoms with Gasteiger partial charge in [0.2, 0.25) is 0 Å². The van der Waals surface area contributed by atoms with Gasteiger partial charge in [0, 0.05) is 87.2 Å². The normalized spacial score (nSPS) is 10.8. The molecule has 0 fully saturated rings. The number of nitrogens with zero attached hydrogens (tertiary/aromatic N) is 3. The van der Waals surface area contributed by atoms with Gasteiger partial charge in [-0.25, -0.2) is 0 Å². The smallest absolute Gasteiger partial charge is 0.124 e. The largest absolute Gasteiger partial charge is 0.507 e. The average molecular weight is 452 g/mol. The molecule has 0 saturated heterocycles. The molecule has 0 radical (unpaired) electrons. The molecular weight excluding hydrogens is 418 g/mol. The zero-order valence-electron chi connectivity index (χ0n) is 20.9. The van der Waals surface area contributed by atoms with Gasteiger partial charge in [0.05, 0.1) is 0 Å². The lowest BCUT2D eigenvalue weighted by Crippen LogP contribution is -2.12. The molecule has 1 N–H and O–H groups in total. The highest BCUT2D eigenvalue weighted by atomic mass is 16.3. The van der Waals surface area contributed by atoms with Gasteiger partial charge in [-0.1, -0.05) is 54.6 Å². The Labute approximate surface area is 203 Å². The Balaban J connectivity index is 2.19. The molecule has 0 saturated carbocycles. The Morgan fingerprint density at radius 1 is 0.412 bits per heavy atom. The molecule has 0 amide bonds. The van der Waals surface area contributed by atoms with Crippen LogP contribution in [0.1, 0.15) is 0 Å². The highest BCUT2D eigenvalue weighted by Crippen LogP contribution is 2.50. The Morgan fingerprint density at radius 2 is 0.794 bits per heavy atom. The first-order valence-electron chi connectivity index (χ1n) is 11.5. The first kappa shape index (κ1) is 23.2. The molecule has 0 spiro atoms. The summed E-state index contributed by atoms with van der Waals surface area (Å²) in [4.78, 5) is 6.36. The van der Waals surface area contributed by atoms with Crippen molar-refractivity contribution in [2.75, 3.05) is 57.0 Å². The maximum absolute atomic E-state index is 11.3. The van der Waals surface area contributed by atoms with Crippen LogP contribution in [0.4, 0.5) is 17.1 Å². The van der Waals surface area contributed by atoms with Gasteiger partial charge in [-0.2, -0.15) is 0 Å². The van der Waals surface area contributed by atoms with E-state index in [0.29, 0.717) is 0 Å². The molecule has 0 aliphatic rings. The summed E-state index contributed by atoms with van der Waals surface area (Å²) in [6, 6.07) is 28.9. The number of phenolic OH excluding ortho intramolecular Hbond substituents is 1. The van der Waals surface area contributed by atoms with Crippen LogP contribution in [0.5, 0.6) is 5.75 Å². The topological polar surface area (TPSA) is 30.0 Å². The molecule has 4 rings (SSSR count). The van der Waals surface area contributed by atoms with Crippen molar-refractivity contribution in [1.29, 1.82) is 0 Å². The van der Waals surface area contributed by atoms with Crippen LogP contribution in [0.25, 0.3) is 33.4 Å². The van der Waals surface area contributed by atoms with Crippen LogP contribution in [0.3, 0.4) is 0 Å². The molecule has 0 bridgehead atoms. The highest BCUT2D eigenvalue weighted by molar-refractivity contribution is 6.04. The van der Waals surface area contributed by atoms with Gasteiger partial charge >= 0.3 is 0 Å². The Bertz CT molecular complexity index is 1310. The van der Waals surface area contributed by atoms with Crippen molar-refractivity contribution in [2.24, 2.45) is 0 Å². The maximum atomic E-state index is 11.3. The molecule has 0 aliphatic heterocycles. The van der Waals surface area contributed by atoms with Crippen LogP contribution in [0.15, 0.2) is 84.9 Å². The number of anilines is 3. The molecule has 4 aromatic carbocycles. The van der Waals surface area contributed by atoms with E-state index >= 15 is 0 Å². The van der Waals surface area contributed by atoms with Crippen molar-refractivity contribution in [2.45, 2.75) is 0 Å². The van der Waals surface area contributed by atoms with E-state index in [1.807, 2.05) is 38.4 Å². The minimum absolute atomic E-state index is 0.268. The van der Waals surface area contributed by atoms with Gasteiger partial charge in [-0.3, -0.25) is 0 Å². The van der Waals surface area contributed by atoms with Crippen LogP contribution in [-0.2, 0) is 0 Å². The van der Waals surface area contributed by atoms with Gasteiger partial charge in [0.25, 0.3) is 0 Å². The summed E-state index contributed by atoms with van der Waals surface area (Å²) in [6.07, 6.45) is 0. The number of phenols is 1. The monoisotopic (exact) mass is 451 g/mol. The molecule has 4 aromatic rings. The van der Waals surface area contributed by atoms with Crippen LogP contribution < -0.4 is 14.7 Å².